The molecule has 1 atom stereocenters. The van der Waals surface area contributed by atoms with E-state index in [0.717, 1.165) is 95.2 Å². The van der Waals surface area contributed by atoms with Gasteiger partial charge in [0.25, 0.3) is 11.8 Å². The van der Waals surface area contributed by atoms with Crippen LogP contribution in [0.4, 0.5) is 23.0 Å². The summed E-state index contributed by atoms with van der Waals surface area (Å²) >= 11 is 0. The van der Waals surface area contributed by atoms with Crippen molar-refractivity contribution >= 4 is 57.5 Å². The van der Waals surface area contributed by atoms with Gasteiger partial charge in [-0.3, -0.25) is 34.3 Å². The molecular formula is C41H39N9O5. The number of hydrogen-bond acceptors (Lipinski definition) is 12. The van der Waals surface area contributed by atoms with Gasteiger partial charge in [0.15, 0.2) is 0 Å². The lowest BCUT2D eigenvalue weighted by Gasteiger charge is -2.36. The summed E-state index contributed by atoms with van der Waals surface area (Å²) in [6, 6.07) is 18.9. The highest BCUT2D eigenvalue weighted by Crippen LogP contribution is 2.36. The van der Waals surface area contributed by atoms with Gasteiger partial charge >= 0.3 is 0 Å². The Labute approximate surface area is 316 Å². The Hall–Kier alpha value is -6.41. The molecule has 0 aliphatic carbocycles. The van der Waals surface area contributed by atoms with Gasteiger partial charge in [-0.2, -0.15) is 0 Å². The number of piperidine rings is 1. The molecule has 0 saturated carbocycles. The standard InChI is InChI=1S/C41H39N9O5/c1-24-32(23-43-38-36(24)42-13-19-55-38)26-4-5-27-22-44-41(46-33(27)20-26)45-28-6-2-25(3-7-28)12-14-48-15-17-49(18-16-48)29-8-9-30-31(21-29)40(54)50(39(30)53)34-10-11-35(51)47-37(34)52/h2-9,20-23,34,42H,10-19H2,1H3,(H,44,45,46)(H,47,51,52). The maximum absolute atomic E-state index is 13.3. The highest BCUT2D eigenvalue weighted by atomic mass is 16.5. The summed E-state index contributed by atoms with van der Waals surface area (Å²) in [5.41, 5.74) is 8.53. The number of rotatable bonds is 8. The first-order valence-corrected chi connectivity index (χ1v) is 18.6. The smallest absolute Gasteiger partial charge is 0.262 e. The zero-order valence-electron chi connectivity index (χ0n) is 30.3. The number of hydrogen-bond donors (Lipinski definition) is 3. The van der Waals surface area contributed by atoms with E-state index in [1.807, 2.05) is 24.5 Å². The second-order valence-electron chi connectivity index (χ2n) is 14.3. The summed E-state index contributed by atoms with van der Waals surface area (Å²) in [6.45, 7) is 7.64. The van der Waals surface area contributed by atoms with E-state index in [-0.39, 0.29) is 12.8 Å². The summed E-state index contributed by atoms with van der Waals surface area (Å²) in [5, 5.41) is 9.96. The van der Waals surface area contributed by atoms with Gasteiger partial charge in [-0.05, 0) is 72.9 Å². The van der Waals surface area contributed by atoms with E-state index in [1.165, 1.54) is 5.56 Å². The number of benzene rings is 3. The van der Waals surface area contributed by atoms with Crippen LogP contribution in [0.1, 0.15) is 44.7 Å². The van der Waals surface area contributed by atoms with Gasteiger partial charge in [0, 0.05) is 80.4 Å². The zero-order valence-corrected chi connectivity index (χ0v) is 30.3. The molecule has 2 fully saturated rings. The lowest BCUT2D eigenvalue weighted by atomic mass is 10.00. The fraction of sp³-hybridized carbons (Fsp3) is 0.293. The molecule has 14 heteroatoms. The Bertz CT molecular complexity index is 2380. The lowest BCUT2D eigenvalue weighted by molar-refractivity contribution is -0.136. The van der Waals surface area contributed by atoms with Gasteiger partial charge in [0.05, 0.1) is 16.6 Å². The normalized spacial score (nSPS) is 18.5. The van der Waals surface area contributed by atoms with E-state index < -0.39 is 29.7 Å². The third-order valence-corrected chi connectivity index (χ3v) is 10.9. The molecule has 0 radical (unpaired) electrons. The van der Waals surface area contributed by atoms with Crippen LogP contribution in [0.15, 0.2) is 73.1 Å². The number of pyridine rings is 1. The molecule has 9 rings (SSSR count). The average molecular weight is 738 g/mol. The summed E-state index contributed by atoms with van der Waals surface area (Å²) in [6.07, 6.45) is 4.82. The van der Waals surface area contributed by atoms with E-state index in [1.54, 1.807) is 12.1 Å². The molecule has 5 aromatic rings. The number of aromatic nitrogens is 3. The molecule has 0 bridgehead atoms. The fourth-order valence-electron chi connectivity index (χ4n) is 7.82. The third-order valence-electron chi connectivity index (χ3n) is 10.9. The Morgan fingerprint density at radius 3 is 2.51 bits per heavy atom. The van der Waals surface area contributed by atoms with Crippen molar-refractivity contribution in [1.29, 1.82) is 0 Å². The quantitative estimate of drug-likeness (QED) is 0.194. The van der Waals surface area contributed by atoms with Crippen LogP contribution in [0.5, 0.6) is 5.88 Å². The molecule has 3 aromatic carbocycles. The molecule has 3 N–H and O–H groups in total. The predicted octanol–water partition coefficient (Wildman–Crippen LogP) is 4.31. The van der Waals surface area contributed by atoms with Crippen molar-refractivity contribution < 1.29 is 23.9 Å². The Balaban J connectivity index is 0.787. The number of fused-ring (bicyclic) bond motifs is 3. The Morgan fingerprint density at radius 1 is 0.873 bits per heavy atom. The lowest BCUT2D eigenvalue weighted by Crippen LogP contribution is -2.54. The van der Waals surface area contributed by atoms with Crippen LogP contribution in [-0.2, 0) is 16.0 Å². The van der Waals surface area contributed by atoms with Gasteiger partial charge in [0.1, 0.15) is 18.3 Å². The highest BCUT2D eigenvalue weighted by molar-refractivity contribution is 6.23. The minimum atomic E-state index is -0.972. The van der Waals surface area contributed by atoms with Gasteiger partial charge in [-0.1, -0.05) is 24.3 Å². The minimum Gasteiger partial charge on any atom is -0.474 e. The molecule has 1 unspecified atom stereocenters. The second kappa shape index (κ2) is 14.1. The highest BCUT2D eigenvalue weighted by Gasteiger charge is 2.44. The van der Waals surface area contributed by atoms with Crippen molar-refractivity contribution in [3.8, 4) is 17.0 Å². The summed E-state index contributed by atoms with van der Waals surface area (Å²) < 4.78 is 5.70. The van der Waals surface area contributed by atoms with Gasteiger partial charge in [-0.15, -0.1) is 0 Å². The van der Waals surface area contributed by atoms with E-state index in [0.29, 0.717) is 29.6 Å². The molecular weight excluding hydrogens is 699 g/mol. The molecule has 6 heterocycles. The van der Waals surface area contributed by atoms with Gasteiger partial charge in [0.2, 0.25) is 23.6 Å². The topological polar surface area (TPSA) is 162 Å². The maximum Gasteiger partial charge on any atom is 0.262 e. The van der Waals surface area contributed by atoms with Crippen molar-refractivity contribution in [3.63, 3.8) is 0 Å². The van der Waals surface area contributed by atoms with Crippen molar-refractivity contribution in [1.82, 2.24) is 30.1 Å². The fourth-order valence-corrected chi connectivity index (χ4v) is 7.82. The number of ether oxygens (including phenoxy) is 1. The molecule has 55 heavy (non-hydrogen) atoms. The molecule has 14 nitrogen and oxygen atoms in total. The Morgan fingerprint density at radius 2 is 1.69 bits per heavy atom. The first-order valence-electron chi connectivity index (χ1n) is 18.6. The van der Waals surface area contributed by atoms with Gasteiger partial charge in [-0.25, -0.2) is 15.0 Å². The number of anilines is 4. The SMILES string of the molecule is Cc1c(-c2ccc3cnc(Nc4ccc(CCN5CCN(c6ccc7c(c6)C(=O)N(C6CCC(=O)NC6=O)C7=O)CC5)cc4)nc3c2)cnc2c1NCCO2. The van der Waals surface area contributed by atoms with Crippen LogP contribution in [0.3, 0.4) is 0 Å². The van der Waals surface area contributed by atoms with E-state index >= 15 is 0 Å². The van der Waals surface area contributed by atoms with Crippen LogP contribution in [-0.4, -0.2) is 100 Å². The number of nitrogens with one attached hydrogen (secondary N) is 3. The number of piperazine rings is 1. The molecule has 2 saturated heterocycles. The first kappa shape index (κ1) is 34.4. The van der Waals surface area contributed by atoms with E-state index in [4.69, 9.17) is 9.72 Å². The van der Waals surface area contributed by atoms with Crippen molar-refractivity contribution in [2.24, 2.45) is 0 Å². The monoisotopic (exact) mass is 737 g/mol. The largest absolute Gasteiger partial charge is 0.474 e. The molecule has 2 aromatic heterocycles. The van der Waals surface area contributed by atoms with Crippen LogP contribution in [0, 0.1) is 6.92 Å². The molecule has 4 amide bonds. The van der Waals surface area contributed by atoms with Crippen LogP contribution < -0.4 is 25.6 Å². The summed E-state index contributed by atoms with van der Waals surface area (Å²) in [5.74, 6) is -0.809. The Kier molecular flexibility index (Phi) is 8.81. The van der Waals surface area contributed by atoms with Crippen LogP contribution >= 0.6 is 0 Å². The summed E-state index contributed by atoms with van der Waals surface area (Å²) in [4.78, 5) is 70.0. The molecule has 278 valence electrons. The molecule has 0 spiro atoms. The van der Waals surface area contributed by atoms with Crippen LogP contribution in [0.25, 0.3) is 22.0 Å². The number of imide groups is 2. The number of carbonyl (C=O) groups excluding carboxylic acids is 4. The van der Waals surface area contributed by atoms with Crippen molar-refractivity contribution in [2.45, 2.75) is 32.2 Å². The van der Waals surface area contributed by atoms with E-state index in [9.17, 15) is 19.2 Å². The average Bonchev–Trinajstić information content (AvgIpc) is 3.45. The zero-order chi connectivity index (χ0) is 37.6. The number of amides is 4. The van der Waals surface area contributed by atoms with Crippen LogP contribution in [0.2, 0.25) is 0 Å². The van der Waals surface area contributed by atoms with Crippen molar-refractivity contribution in [3.05, 3.63) is 95.3 Å². The maximum atomic E-state index is 13.3. The second-order valence-corrected chi connectivity index (χ2v) is 14.3. The third kappa shape index (κ3) is 6.58. The number of nitrogens with zero attached hydrogens (tertiary/aromatic N) is 6. The molecule has 4 aliphatic rings. The minimum absolute atomic E-state index is 0.0930. The van der Waals surface area contributed by atoms with Gasteiger partial charge < -0.3 is 20.3 Å². The first-order chi connectivity index (χ1) is 26.8. The van der Waals surface area contributed by atoms with E-state index in [2.05, 4.69) is 79.0 Å². The van der Waals surface area contributed by atoms with Crippen molar-refractivity contribution in [2.75, 3.05) is 61.4 Å². The molecule has 4 aliphatic heterocycles. The predicted molar refractivity (Wildman–Crippen MR) is 207 cm³/mol. The number of carbonyl (C=O) groups is 4. The summed E-state index contributed by atoms with van der Waals surface area (Å²) in [7, 11) is 0.